The number of hydrogen-bond acceptors (Lipinski definition) is 2. The number of rotatable bonds is 4. The molecule has 0 saturated carbocycles. The zero-order valence-electron chi connectivity index (χ0n) is 8.46. The Kier molecular flexibility index (Phi) is 3.26. The van der Waals surface area contributed by atoms with Crippen LogP contribution >= 0.6 is 11.3 Å². The van der Waals surface area contributed by atoms with E-state index in [1.807, 2.05) is 30.7 Å². The molecular formula is C11H16OS. The van der Waals surface area contributed by atoms with Gasteiger partial charge in [0.2, 0.25) is 0 Å². The molecule has 1 nitrogen and oxygen atoms in total. The monoisotopic (exact) mass is 196 g/mol. The molecule has 0 amide bonds. The van der Waals surface area contributed by atoms with Crippen molar-refractivity contribution >= 4 is 17.1 Å². The van der Waals surface area contributed by atoms with Crippen molar-refractivity contribution in [2.75, 3.05) is 0 Å². The number of Topliss-reactive ketones (excluding diaryl/α,β-unsaturated/α-hetero) is 1. The quantitative estimate of drug-likeness (QED) is 0.722. The van der Waals surface area contributed by atoms with Crippen LogP contribution in [0.15, 0.2) is 16.8 Å². The molecule has 1 heterocycles. The summed E-state index contributed by atoms with van der Waals surface area (Å²) in [4.78, 5) is 11.8. The molecule has 1 rings (SSSR count). The Morgan fingerprint density at radius 1 is 1.54 bits per heavy atom. The van der Waals surface area contributed by atoms with Crippen LogP contribution in [-0.2, 0) is 11.2 Å². The fourth-order valence-electron chi connectivity index (χ4n) is 1.02. The summed E-state index contributed by atoms with van der Waals surface area (Å²) >= 11 is 1.65. The summed E-state index contributed by atoms with van der Waals surface area (Å²) in [6.45, 7) is 6.09. The molecule has 1 aromatic heterocycles. The molecule has 72 valence electrons. The topological polar surface area (TPSA) is 17.1 Å². The van der Waals surface area contributed by atoms with Crippen LogP contribution in [0.25, 0.3) is 0 Å². The maximum Gasteiger partial charge on any atom is 0.142 e. The molecule has 0 aliphatic carbocycles. The van der Waals surface area contributed by atoms with Crippen LogP contribution in [0.3, 0.4) is 0 Å². The van der Waals surface area contributed by atoms with Crippen LogP contribution in [0.5, 0.6) is 0 Å². The first-order valence-corrected chi connectivity index (χ1v) is 5.55. The van der Waals surface area contributed by atoms with E-state index in [0.717, 1.165) is 12.0 Å². The van der Waals surface area contributed by atoms with Crippen molar-refractivity contribution in [3.8, 4) is 0 Å². The van der Waals surface area contributed by atoms with Crippen LogP contribution < -0.4 is 0 Å². The minimum absolute atomic E-state index is 0.165. The third kappa shape index (κ3) is 2.66. The molecule has 0 saturated heterocycles. The van der Waals surface area contributed by atoms with Gasteiger partial charge < -0.3 is 0 Å². The SMILES string of the molecule is CCC(C)(C)C(=O)Cc1ccsc1. The van der Waals surface area contributed by atoms with Crippen molar-refractivity contribution in [2.45, 2.75) is 33.6 Å². The Bertz CT molecular complexity index is 272. The molecule has 0 spiro atoms. The lowest BCUT2D eigenvalue weighted by atomic mass is 9.83. The minimum atomic E-state index is -0.165. The van der Waals surface area contributed by atoms with E-state index in [9.17, 15) is 4.79 Å². The molecule has 1 aromatic rings. The second-order valence-electron chi connectivity index (χ2n) is 3.97. The molecule has 2 heteroatoms. The Balaban J connectivity index is 2.61. The lowest BCUT2D eigenvalue weighted by Crippen LogP contribution is -2.24. The van der Waals surface area contributed by atoms with E-state index in [4.69, 9.17) is 0 Å². The highest BCUT2D eigenvalue weighted by Crippen LogP contribution is 2.23. The predicted octanol–water partition coefficient (Wildman–Crippen LogP) is 3.30. The lowest BCUT2D eigenvalue weighted by molar-refractivity contribution is -0.126. The summed E-state index contributed by atoms with van der Waals surface area (Å²) in [6, 6.07) is 2.02. The van der Waals surface area contributed by atoms with Crippen molar-refractivity contribution in [1.29, 1.82) is 0 Å². The van der Waals surface area contributed by atoms with E-state index >= 15 is 0 Å². The Morgan fingerprint density at radius 2 is 2.23 bits per heavy atom. The van der Waals surface area contributed by atoms with Crippen molar-refractivity contribution < 1.29 is 4.79 Å². The minimum Gasteiger partial charge on any atom is -0.299 e. The van der Waals surface area contributed by atoms with Crippen molar-refractivity contribution in [2.24, 2.45) is 5.41 Å². The molecule has 0 bridgehead atoms. The molecule has 0 unspecified atom stereocenters. The largest absolute Gasteiger partial charge is 0.299 e. The Hall–Kier alpha value is -0.630. The van der Waals surface area contributed by atoms with Gasteiger partial charge in [0, 0.05) is 11.8 Å². The van der Waals surface area contributed by atoms with Gasteiger partial charge in [0.15, 0.2) is 0 Å². The molecule has 0 aromatic carbocycles. The van der Waals surface area contributed by atoms with Crippen molar-refractivity contribution in [3.05, 3.63) is 22.4 Å². The second kappa shape index (κ2) is 4.05. The molecule has 0 aliphatic heterocycles. The lowest BCUT2D eigenvalue weighted by Gasteiger charge is -2.20. The molecule has 0 aliphatic rings. The third-order valence-corrected chi connectivity index (χ3v) is 3.32. The molecule has 0 fully saturated rings. The zero-order chi connectivity index (χ0) is 9.90. The molecule has 0 N–H and O–H groups in total. The van der Waals surface area contributed by atoms with Gasteiger partial charge in [0.1, 0.15) is 5.78 Å². The van der Waals surface area contributed by atoms with E-state index in [0.29, 0.717) is 12.2 Å². The molecule has 13 heavy (non-hydrogen) atoms. The van der Waals surface area contributed by atoms with Crippen LogP contribution in [0, 0.1) is 5.41 Å². The van der Waals surface area contributed by atoms with Gasteiger partial charge >= 0.3 is 0 Å². The number of carbonyl (C=O) groups excluding carboxylic acids is 1. The van der Waals surface area contributed by atoms with Crippen molar-refractivity contribution in [1.82, 2.24) is 0 Å². The van der Waals surface area contributed by atoms with E-state index in [1.165, 1.54) is 0 Å². The predicted molar refractivity (Wildman–Crippen MR) is 57.1 cm³/mol. The number of carbonyl (C=O) groups is 1. The smallest absolute Gasteiger partial charge is 0.142 e. The highest BCUT2D eigenvalue weighted by molar-refractivity contribution is 7.07. The van der Waals surface area contributed by atoms with Gasteiger partial charge in [-0.25, -0.2) is 0 Å². The van der Waals surface area contributed by atoms with Gasteiger partial charge in [0.25, 0.3) is 0 Å². The molecular weight excluding hydrogens is 180 g/mol. The zero-order valence-corrected chi connectivity index (χ0v) is 9.28. The van der Waals surface area contributed by atoms with Crippen LogP contribution in [-0.4, -0.2) is 5.78 Å². The fraction of sp³-hybridized carbons (Fsp3) is 0.545. The Morgan fingerprint density at radius 3 is 2.69 bits per heavy atom. The first-order valence-electron chi connectivity index (χ1n) is 4.60. The molecule has 0 atom stereocenters. The Labute approximate surface area is 83.8 Å². The summed E-state index contributed by atoms with van der Waals surface area (Å²) in [5.41, 5.74) is 0.985. The van der Waals surface area contributed by atoms with Gasteiger partial charge in [0.05, 0.1) is 0 Å². The van der Waals surface area contributed by atoms with E-state index < -0.39 is 0 Å². The van der Waals surface area contributed by atoms with E-state index in [-0.39, 0.29) is 5.41 Å². The number of thiophene rings is 1. The highest BCUT2D eigenvalue weighted by Gasteiger charge is 2.24. The number of hydrogen-bond donors (Lipinski definition) is 0. The van der Waals surface area contributed by atoms with Gasteiger partial charge in [-0.2, -0.15) is 11.3 Å². The highest BCUT2D eigenvalue weighted by atomic mass is 32.1. The van der Waals surface area contributed by atoms with Gasteiger partial charge in [-0.1, -0.05) is 20.8 Å². The third-order valence-electron chi connectivity index (χ3n) is 2.58. The van der Waals surface area contributed by atoms with Gasteiger partial charge in [-0.3, -0.25) is 4.79 Å². The first-order chi connectivity index (χ1) is 6.06. The number of ketones is 1. The van der Waals surface area contributed by atoms with Gasteiger partial charge in [-0.05, 0) is 28.8 Å². The standard InChI is InChI=1S/C11H16OS/c1-4-11(2,3)10(12)7-9-5-6-13-8-9/h5-6,8H,4,7H2,1-3H3. The fourth-order valence-corrected chi connectivity index (χ4v) is 1.68. The second-order valence-corrected chi connectivity index (χ2v) is 4.75. The maximum atomic E-state index is 11.8. The van der Waals surface area contributed by atoms with Gasteiger partial charge in [-0.15, -0.1) is 0 Å². The first kappa shape index (κ1) is 10.5. The average Bonchev–Trinajstić information content (AvgIpc) is 2.57. The molecule has 0 radical (unpaired) electrons. The maximum absolute atomic E-state index is 11.8. The van der Waals surface area contributed by atoms with Crippen LogP contribution in [0.2, 0.25) is 0 Å². The van der Waals surface area contributed by atoms with Crippen LogP contribution in [0.1, 0.15) is 32.8 Å². The summed E-state index contributed by atoms with van der Waals surface area (Å²) < 4.78 is 0. The summed E-state index contributed by atoms with van der Waals surface area (Å²) in [5, 5.41) is 4.06. The van der Waals surface area contributed by atoms with Crippen LogP contribution in [0.4, 0.5) is 0 Å². The summed E-state index contributed by atoms with van der Waals surface area (Å²) in [5.74, 6) is 0.341. The van der Waals surface area contributed by atoms with E-state index in [1.54, 1.807) is 11.3 Å². The van der Waals surface area contributed by atoms with E-state index in [2.05, 4.69) is 6.92 Å². The van der Waals surface area contributed by atoms with Crippen molar-refractivity contribution in [3.63, 3.8) is 0 Å². The average molecular weight is 196 g/mol. The summed E-state index contributed by atoms with van der Waals surface area (Å²) in [7, 11) is 0. The summed E-state index contributed by atoms with van der Waals surface area (Å²) in [6.07, 6.45) is 1.50. The normalized spacial score (nSPS) is 11.6.